The maximum absolute atomic E-state index is 12.9. The van der Waals surface area contributed by atoms with Crippen LogP contribution in [0.5, 0.6) is 0 Å². The molecule has 1 saturated carbocycles. The van der Waals surface area contributed by atoms with Crippen molar-refractivity contribution in [1.82, 2.24) is 10.3 Å². The molecular weight excluding hydrogens is 287 g/mol. The van der Waals surface area contributed by atoms with Crippen LogP contribution in [0.15, 0.2) is 29.6 Å². The Morgan fingerprint density at radius 1 is 1.29 bits per heavy atom. The van der Waals surface area contributed by atoms with Crippen LogP contribution in [0.2, 0.25) is 0 Å². The van der Waals surface area contributed by atoms with Gasteiger partial charge in [-0.25, -0.2) is 9.37 Å². The Balaban J connectivity index is 1.54. The molecule has 0 amide bonds. The van der Waals surface area contributed by atoms with E-state index in [9.17, 15) is 9.50 Å². The second-order valence-electron chi connectivity index (χ2n) is 5.54. The summed E-state index contributed by atoms with van der Waals surface area (Å²) in [6.45, 7) is 1.55. The summed E-state index contributed by atoms with van der Waals surface area (Å²) in [5, 5.41) is 16.1. The van der Waals surface area contributed by atoms with Crippen LogP contribution in [0.25, 0.3) is 10.6 Å². The summed E-state index contributed by atoms with van der Waals surface area (Å²) >= 11 is 1.57. The monoisotopic (exact) mass is 306 g/mol. The van der Waals surface area contributed by atoms with Gasteiger partial charge in [0.1, 0.15) is 10.8 Å². The lowest BCUT2D eigenvalue weighted by molar-refractivity contribution is 0.131. The van der Waals surface area contributed by atoms with Crippen LogP contribution in [0, 0.1) is 11.7 Å². The van der Waals surface area contributed by atoms with Gasteiger partial charge in [0, 0.05) is 24.0 Å². The van der Waals surface area contributed by atoms with Crippen molar-refractivity contribution in [2.24, 2.45) is 5.92 Å². The number of hydrogen-bond acceptors (Lipinski definition) is 4. The van der Waals surface area contributed by atoms with Crippen molar-refractivity contribution in [1.29, 1.82) is 0 Å². The smallest absolute Gasteiger partial charge is 0.123 e. The summed E-state index contributed by atoms with van der Waals surface area (Å²) in [7, 11) is 0. The number of aliphatic hydroxyl groups is 1. The molecule has 5 heteroatoms. The molecule has 1 heterocycles. The summed E-state index contributed by atoms with van der Waals surface area (Å²) in [5.41, 5.74) is 1.94. The van der Waals surface area contributed by atoms with Gasteiger partial charge in [-0.05, 0) is 43.0 Å². The molecule has 1 aliphatic carbocycles. The number of aromatic nitrogens is 1. The normalized spacial score (nSPS) is 21.8. The number of hydrogen-bond donors (Lipinski definition) is 2. The first-order valence-corrected chi connectivity index (χ1v) is 8.19. The average molecular weight is 306 g/mol. The van der Waals surface area contributed by atoms with Crippen LogP contribution in [0.4, 0.5) is 4.39 Å². The van der Waals surface area contributed by atoms with E-state index in [1.54, 1.807) is 23.5 Å². The van der Waals surface area contributed by atoms with E-state index in [0.29, 0.717) is 12.5 Å². The molecule has 2 atom stereocenters. The van der Waals surface area contributed by atoms with Gasteiger partial charge in [-0.2, -0.15) is 0 Å². The molecule has 112 valence electrons. The summed E-state index contributed by atoms with van der Waals surface area (Å²) in [4.78, 5) is 4.56. The van der Waals surface area contributed by atoms with Crippen LogP contribution in [-0.4, -0.2) is 22.7 Å². The summed E-state index contributed by atoms with van der Waals surface area (Å²) < 4.78 is 12.9. The molecule has 0 spiro atoms. The number of halogens is 1. The molecule has 1 aromatic carbocycles. The van der Waals surface area contributed by atoms with Crippen molar-refractivity contribution in [2.45, 2.75) is 31.9 Å². The van der Waals surface area contributed by atoms with Crippen LogP contribution in [0.1, 0.15) is 25.0 Å². The Labute approximate surface area is 127 Å². The maximum atomic E-state index is 12.9. The second kappa shape index (κ2) is 6.64. The van der Waals surface area contributed by atoms with Gasteiger partial charge >= 0.3 is 0 Å². The lowest BCUT2D eigenvalue weighted by Gasteiger charge is -2.14. The Morgan fingerprint density at radius 2 is 2.10 bits per heavy atom. The van der Waals surface area contributed by atoms with Gasteiger partial charge in [-0.3, -0.25) is 0 Å². The molecule has 3 rings (SSSR count). The minimum Gasteiger partial charge on any atom is -0.393 e. The van der Waals surface area contributed by atoms with Crippen LogP contribution in [0.3, 0.4) is 0 Å². The Morgan fingerprint density at radius 3 is 2.81 bits per heavy atom. The van der Waals surface area contributed by atoms with Gasteiger partial charge in [0.05, 0.1) is 11.8 Å². The number of rotatable bonds is 5. The van der Waals surface area contributed by atoms with E-state index in [-0.39, 0.29) is 11.9 Å². The zero-order chi connectivity index (χ0) is 14.7. The van der Waals surface area contributed by atoms with E-state index in [0.717, 1.165) is 42.1 Å². The Kier molecular flexibility index (Phi) is 4.63. The third kappa shape index (κ3) is 3.67. The lowest BCUT2D eigenvalue weighted by Crippen LogP contribution is -2.27. The number of aliphatic hydroxyl groups excluding tert-OH is 1. The predicted molar refractivity (Wildman–Crippen MR) is 82.6 cm³/mol. The second-order valence-corrected chi connectivity index (χ2v) is 6.40. The summed E-state index contributed by atoms with van der Waals surface area (Å²) in [5.74, 6) is 0.146. The molecule has 1 aromatic heterocycles. The molecule has 1 aliphatic rings. The highest BCUT2D eigenvalue weighted by molar-refractivity contribution is 7.13. The summed E-state index contributed by atoms with van der Waals surface area (Å²) in [6, 6.07) is 6.41. The third-order valence-electron chi connectivity index (χ3n) is 3.97. The molecule has 2 unspecified atom stereocenters. The highest BCUT2D eigenvalue weighted by Gasteiger charge is 2.24. The van der Waals surface area contributed by atoms with Crippen LogP contribution < -0.4 is 5.32 Å². The fourth-order valence-corrected chi connectivity index (χ4v) is 3.58. The summed E-state index contributed by atoms with van der Waals surface area (Å²) in [6.07, 6.45) is 3.01. The first-order chi connectivity index (χ1) is 10.2. The van der Waals surface area contributed by atoms with E-state index in [2.05, 4.69) is 10.3 Å². The maximum Gasteiger partial charge on any atom is 0.123 e. The first-order valence-electron chi connectivity index (χ1n) is 7.31. The quantitative estimate of drug-likeness (QED) is 0.891. The minimum atomic E-state index is -0.229. The van der Waals surface area contributed by atoms with Crippen molar-refractivity contribution in [3.8, 4) is 10.6 Å². The molecule has 0 saturated heterocycles. The lowest BCUT2D eigenvalue weighted by atomic mass is 10.1. The SMILES string of the molecule is OC1CCCC1CNCc1csc(-c2ccc(F)cc2)n1. The molecular formula is C16H19FN2OS. The van der Waals surface area contributed by atoms with E-state index < -0.39 is 0 Å². The van der Waals surface area contributed by atoms with Gasteiger partial charge in [-0.1, -0.05) is 6.42 Å². The molecule has 21 heavy (non-hydrogen) atoms. The number of benzene rings is 1. The zero-order valence-electron chi connectivity index (χ0n) is 11.8. The Hall–Kier alpha value is -1.30. The predicted octanol–water partition coefficient (Wildman–Crippen LogP) is 3.20. The topological polar surface area (TPSA) is 45.1 Å². The largest absolute Gasteiger partial charge is 0.393 e. The highest BCUT2D eigenvalue weighted by atomic mass is 32.1. The first kappa shape index (κ1) is 14.6. The van der Waals surface area contributed by atoms with Gasteiger partial charge in [0.25, 0.3) is 0 Å². The van der Waals surface area contributed by atoms with Crippen LogP contribution in [-0.2, 0) is 6.54 Å². The molecule has 0 aliphatic heterocycles. The van der Waals surface area contributed by atoms with Crippen LogP contribution >= 0.6 is 11.3 Å². The van der Waals surface area contributed by atoms with Crippen molar-refractivity contribution in [2.75, 3.05) is 6.54 Å². The minimum absolute atomic E-state index is 0.150. The number of nitrogens with zero attached hydrogens (tertiary/aromatic N) is 1. The molecule has 0 radical (unpaired) electrons. The fourth-order valence-electron chi connectivity index (χ4n) is 2.75. The standard InChI is InChI=1S/C16H19FN2OS/c17-13-6-4-11(5-7-13)16-19-14(10-21-16)9-18-8-12-2-1-3-15(12)20/h4-7,10,12,15,18,20H,1-3,8-9H2. The van der Waals surface area contributed by atoms with E-state index in [4.69, 9.17) is 0 Å². The van der Waals surface area contributed by atoms with Gasteiger partial charge in [0.15, 0.2) is 0 Å². The van der Waals surface area contributed by atoms with E-state index >= 15 is 0 Å². The number of nitrogens with one attached hydrogen (secondary N) is 1. The van der Waals surface area contributed by atoms with Crippen molar-refractivity contribution < 1.29 is 9.50 Å². The average Bonchev–Trinajstić information content (AvgIpc) is 3.10. The van der Waals surface area contributed by atoms with Crippen molar-refractivity contribution in [3.05, 3.63) is 41.2 Å². The van der Waals surface area contributed by atoms with E-state index in [1.807, 2.05) is 5.38 Å². The molecule has 2 aromatic rings. The van der Waals surface area contributed by atoms with Gasteiger partial charge < -0.3 is 10.4 Å². The highest BCUT2D eigenvalue weighted by Crippen LogP contribution is 2.25. The molecule has 2 N–H and O–H groups in total. The molecule has 0 bridgehead atoms. The van der Waals surface area contributed by atoms with E-state index in [1.165, 1.54) is 12.1 Å². The molecule has 3 nitrogen and oxygen atoms in total. The molecule has 1 fully saturated rings. The number of thiazole rings is 1. The van der Waals surface area contributed by atoms with Gasteiger partial charge in [-0.15, -0.1) is 11.3 Å². The zero-order valence-corrected chi connectivity index (χ0v) is 12.6. The fraction of sp³-hybridized carbons (Fsp3) is 0.438. The van der Waals surface area contributed by atoms with Gasteiger partial charge in [0.2, 0.25) is 0 Å². The van der Waals surface area contributed by atoms with Crippen molar-refractivity contribution >= 4 is 11.3 Å². The Bertz CT molecular complexity index is 584. The third-order valence-corrected chi connectivity index (χ3v) is 4.91. The van der Waals surface area contributed by atoms with Crippen molar-refractivity contribution in [3.63, 3.8) is 0 Å².